The Morgan fingerprint density at radius 1 is 1.00 bits per heavy atom. The van der Waals surface area contributed by atoms with Crippen LogP contribution < -0.4 is 0 Å². The molecule has 2 atom stereocenters. The van der Waals surface area contributed by atoms with E-state index < -0.39 is 0 Å². The summed E-state index contributed by atoms with van der Waals surface area (Å²) >= 11 is 0. The van der Waals surface area contributed by atoms with Gasteiger partial charge in [0.05, 0.1) is 0 Å². The highest BCUT2D eigenvalue weighted by Gasteiger charge is 2.39. The molecule has 0 heterocycles. The van der Waals surface area contributed by atoms with Crippen LogP contribution in [0.1, 0.15) is 58.9 Å². The van der Waals surface area contributed by atoms with Crippen LogP contribution in [0.2, 0.25) is 0 Å². The van der Waals surface area contributed by atoms with Crippen molar-refractivity contribution in [3.8, 4) is 0 Å². The van der Waals surface area contributed by atoms with Crippen molar-refractivity contribution in [1.29, 1.82) is 0 Å². The highest BCUT2D eigenvalue weighted by atomic mass is 14.4. The molecule has 0 bridgehead atoms. The zero-order chi connectivity index (χ0) is 13.2. The van der Waals surface area contributed by atoms with E-state index in [1.807, 2.05) is 0 Å². The molecule has 100 valence electrons. The van der Waals surface area contributed by atoms with Crippen molar-refractivity contribution < 1.29 is 0 Å². The third-order valence-corrected chi connectivity index (χ3v) is 5.12. The lowest BCUT2D eigenvalue weighted by Crippen LogP contribution is -2.38. The van der Waals surface area contributed by atoms with Crippen LogP contribution in [0.4, 0.5) is 0 Å². The fourth-order valence-electron chi connectivity index (χ4n) is 3.94. The molecule has 0 N–H and O–H groups in total. The molecule has 2 rings (SSSR count). The second kappa shape index (κ2) is 5.47. The van der Waals surface area contributed by atoms with E-state index in [1.54, 1.807) is 0 Å². The first-order chi connectivity index (χ1) is 8.53. The molecule has 0 amide bonds. The molecule has 0 heteroatoms. The van der Waals surface area contributed by atoms with Crippen molar-refractivity contribution in [2.24, 2.45) is 17.8 Å². The van der Waals surface area contributed by atoms with E-state index in [2.05, 4.69) is 58.0 Å². The minimum atomic E-state index is 0.316. The fraction of sp³-hybridized carbons (Fsp3) is 0.667. The second-order valence-corrected chi connectivity index (χ2v) is 6.89. The third kappa shape index (κ3) is 2.63. The van der Waals surface area contributed by atoms with E-state index in [4.69, 9.17) is 0 Å². The molecular formula is C18H28. The Labute approximate surface area is 113 Å². The first kappa shape index (κ1) is 13.6. The van der Waals surface area contributed by atoms with Crippen molar-refractivity contribution in [3.63, 3.8) is 0 Å². The van der Waals surface area contributed by atoms with Gasteiger partial charge in [-0.25, -0.2) is 0 Å². The summed E-state index contributed by atoms with van der Waals surface area (Å²) in [5, 5.41) is 0. The van der Waals surface area contributed by atoms with Crippen LogP contribution in [-0.4, -0.2) is 0 Å². The van der Waals surface area contributed by atoms with E-state index in [1.165, 1.54) is 31.2 Å². The molecule has 1 aliphatic carbocycles. The highest BCUT2D eigenvalue weighted by Crippen LogP contribution is 2.46. The van der Waals surface area contributed by atoms with Crippen molar-refractivity contribution in [2.45, 2.75) is 58.8 Å². The summed E-state index contributed by atoms with van der Waals surface area (Å²) in [6.07, 6.45) is 5.69. The summed E-state index contributed by atoms with van der Waals surface area (Å²) in [4.78, 5) is 0. The molecule has 1 aromatic rings. The maximum Gasteiger partial charge on any atom is -0.00726 e. The van der Waals surface area contributed by atoms with Gasteiger partial charge in [0.15, 0.2) is 0 Å². The molecule has 0 spiro atoms. The molecule has 0 nitrogen and oxygen atoms in total. The van der Waals surface area contributed by atoms with Crippen LogP contribution >= 0.6 is 0 Å². The Kier molecular flexibility index (Phi) is 4.14. The van der Waals surface area contributed by atoms with Crippen molar-refractivity contribution in [3.05, 3.63) is 35.9 Å². The van der Waals surface area contributed by atoms with Crippen LogP contribution in [0.3, 0.4) is 0 Å². The van der Waals surface area contributed by atoms with Gasteiger partial charge in [-0.2, -0.15) is 0 Å². The fourth-order valence-corrected chi connectivity index (χ4v) is 3.94. The van der Waals surface area contributed by atoms with E-state index in [9.17, 15) is 0 Å². The summed E-state index contributed by atoms with van der Waals surface area (Å²) in [6.45, 7) is 9.72. The van der Waals surface area contributed by atoms with Gasteiger partial charge in [-0.3, -0.25) is 0 Å². The van der Waals surface area contributed by atoms with Gasteiger partial charge in [0.1, 0.15) is 0 Å². The SMILES string of the molecule is CC(C)[C@H]1CCCC[C@@H]1C(C)(C)c1ccccc1. The Balaban J connectivity index is 2.27. The molecule has 18 heavy (non-hydrogen) atoms. The number of hydrogen-bond acceptors (Lipinski definition) is 0. The predicted molar refractivity (Wildman–Crippen MR) is 79.8 cm³/mol. The predicted octanol–water partition coefficient (Wildman–Crippen LogP) is 5.43. The van der Waals surface area contributed by atoms with E-state index in [0.717, 1.165) is 17.8 Å². The van der Waals surface area contributed by atoms with Crippen LogP contribution in [-0.2, 0) is 5.41 Å². The van der Waals surface area contributed by atoms with Crippen LogP contribution in [0.15, 0.2) is 30.3 Å². The van der Waals surface area contributed by atoms with Gasteiger partial charge >= 0.3 is 0 Å². The molecule has 1 aromatic carbocycles. The van der Waals surface area contributed by atoms with Crippen molar-refractivity contribution in [2.75, 3.05) is 0 Å². The molecule has 1 aliphatic rings. The number of hydrogen-bond donors (Lipinski definition) is 0. The maximum atomic E-state index is 2.45. The van der Waals surface area contributed by atoms with Gasteiger partial charge in [-0.1, -0.05) is 70.9 Å². The largest absolute Gasteiger partial charge is 0.0625 e. The average Bonchev–Trinajstić information content (AvgIpc) is 2.39. The smallest absolute Gasteiger partial charge is 0.00726 e. The van der Waals surface area contributed by atoms with E-state index in [0.29, 0.717) is 5.41 Å². The maximum absolute atomic E-state index is 2.45. The Hall–Kier alpha value is -0.780. The summed E-state index contributed by atoms with van der Waals surface area (Å²) in [5.41, 5.74) is 1.83. The number of benzene rings is 1. The van der Waals surface area contributed by atoms with E-state index >= 15 is 0 Å². The Morgan fingerprint density at radius 2 is 1.61 bits per heavy atom. The van der Waals surface area contributed by atoms with Gasteiger partial charge in [0, 0.05) is 0 Å². The first-order valence-corrected chi connectivity index (χ1v) is 7.59. The summed E-state index contributed by atoms with van der Waals surface area (Å²) in [7, 11) is 0. The molecule has 0 saturated heterocycles. The van der Waals surface area contributed by atoms with Gasteiger partial charge in [-0.15, -0.1) is 0 Å². The van der Waals surface area contributed by atoms with Gasteiger partial charge in [0.2, 0.25) is 0 Å². The van der Waals surface area contributed by atoms with Crippen molar-refractivity contribution >= 4 is 0 Å². The van der Waals surface area contributed by atoms with Crippen LogP contribution in [0, 0.1) is 17.8 Å². The Morgan fingerprint density at radius 3 is 2.22 bits per heavy atom. The molecular weight excluding hydrogens is 216 g/mol. The van der Waals surface area contributed by atoms with E-state index in [-0.39, 0.29) is 0 Å². The van der Waals surface area contributed by atoms with Gasteiger partial charge in [0.25, 0.3) is 0 Å². The quantitative estimate of drug-likeness (QED) is 0.665. The summed E-state index contributed by atoms with van der Waals surface area (Å²) < 4.78 is 0. The minimum Gasteiger partial charge on any atom is -0.0625 e. The normalized spacial score (nSPS) is 25.4. The lowest BCUT2D eigenvalue weighted by Gasteiger charge is -2.44. The molecule has 1 fully saturated rings. The molecule has 0 aliphatic heterocycles. The topological polar surface area (TPSA) is 0 Å². The molecule has 0 unspecified atom stereocenters. The van der Waals surface area contributed by atoms with Crippen LogP contribution in [0.5, 0.6) is 0 Å². The third-order valence-electron chi connectivity index (χ3n) is 5.12. The molecule has 0 radical (unpaired) electrons. The minimum absolute atomic E-state index is 0.316. The summed E-state index contributed by atoms with van der Waals surface area (Å²) in [6, 6.07) is 11.1. The first-order valence-electron chi connectivity index (χ1n) is 7.59. The van der Waals surface area contributed by atoms with Gasteiger partial charge in [-0.05, 0) is 41.6 Å². The van der Waals surface area contributed by atoms with Crippen LogP contribution in [0.25, 0.3) is 0 Å². The standard InChI is InChI=1S/C18H28/c1-14(2)16-12-8-9-13-17(16)18(3,4)15-10-6-5-7-11-15/h5-7,10-11,14,16-17H,8-9,12-13H2,1-4H3/t16-,17+/m1/s1. The second-order valence-electron chi connectivity index (χ2n) is 6.89. The van der Waals surface area contributed by atoms with Gasteiger partial charge < -0.3 is 0 Å². The lowest BCUT2D eigenvalue weighted by molar-refractivity contribution is 0.112. The molecule has 1 saturated carbocycles. The zero-order valence-corrected chi connectivity index (χ0v) is 12.4. The zero-order valence-electron chi connectivity index (χ0n) is 12.4. The molecule has 0 aromatic heterocycles. The Bertz CT molecular complexity index is 361. The van der Waals surface area contributed by atoms with Crippen molar-refractivity contribution in [1.82, 2.24) is 0 Å². The highest BCUT2D eigenvalue weighted by molar-refractivity contribution is 5.25. The monoisotopic (exact) mass is 244 g/mol. The average molecular weight is 244 g/mol. The summed E-state index contributed by atoms with van der Waals surface area (Å²) in [5.74, 6) is 2.56. The number of rotatable bonds is 3. The lowest BCUT2D eigenvalue weighted by atomic mass is 9.60.